The molecule has 2 aromatic carbocycles. The highest BCUT2D eigenvalue weighted by molar-refractivity contribution is 5.75. The van der Waals surface area contributed by atoms with Gasteiger partial charge in [-0.15, -0.1) is 0 Å². The van der Waals surface area contributed by atoms with Gasteiger partial charge in [-0.3, -0.25) is 0 Å². The molecule has 0 atom stereocenters. The van der Waals surface area contributed by atoms with Crippen molar-refractivity contribution in [1.82, 2.24) is 0 Å². The summed E-state index contributed by atoms with van der Waals surface area (Å²) in [7, 11) is 0. The van der Waals surface area contributed by atoms with Gasteiger partial charge in [0.15, 0.2) is 0 Å². The minimum Gasteiger partial charge on any atom is -0.0622 e. The molecule has 0 radical (unpaired) electrons. The van der Waals surface area contributed by atoms with Gasteiger partial charge < -0.3 is 0 Å². The lowest BCUT2D eigenvalue weighted by molar-refractivity contribution is 1.62. The second-order valence-electron chi connectivity index (χ2n) is 2.73. The fourth-order valence-corrected chi connectivity index (χ4v) is 1.26. The number of benzene rings is 2. The van der Waals surface area contributed by atoms with Crippen LogP contribution in [0, 0.1) is 0 Å². The molecule has 0 fully saturated rings. The van der Waals surface area contributed by atoms with Crippen LogP contribution in [-0.4, -0.2) is 8.41 Å². The quantitative estimate of drug-likeness (QED) is 0.572. The molecule has 0 spiro atoms. The Labute approximate surface area is 80.8 Å². The van der Waals surface area contributed by atoms with Gasteiger partial charge in [-0.1, -0.05) is 60.7 Å². The van der Waals surface area contributed by atoms with E-state index in [2.05, 4.69) is 48.5 Å². The van der Waals surface area contributed by atoms with Crippen molar-refractivity contribution in [3.63, 3.8) is 0 Å². The minimum atomic E-state index is 0. The summed E-state index contributed by atoms with van der Waals surface area (Å²) >= 11 is 0. The largest absolute Gasteiger partial charge is 0.0814 e. The topological polar surface area (TPSA) is 0 Å². The van der Waals surface area contributed by atoms with Gasteiger partial charge in [-0.2, -0.15) is 0 Å². The van der Waals surface area contributed by atoms with Crippen LogP contribution in [0.2, 0.25) is 0 Å². The summed E-state index contributed by atoms with van der Waals surface area (Å²) in [5, 5.41) is 0. The summed E-state index contributed by atoms with van der Waals surface area (Å²) in [5.74, 6) is 0. The molecule has 0 N–H and O–H groups in total. The highest BCUT2D eigenvalue weighted by Crippen LogP contribution is 2.17. The molecule has 13 heavy (non-hydrogen) atoms. The molecule has 0 heterocycles. The van der Waals surface area contributed by atoms with Crippen LogP contribution >= 0.6 is 0 Å². The molecule has 64 valence electrons. The highest BCUT2D eigenvalue weighted by Gasteiger charge is 1.91. The molecular weight excluding hydrogens is 155 g/mol. The Morgan fingerprint density at radius 3 is 1.08 bits per heavy atom. The van der Waals surface area contributed by atoms with E-state index in [1.807, 2.05) is 12.1 Å². The summed E-state index contributed by atoms with van der Waals surface area (Å²) in [6.07, 6.45) is 0. The number of hydrogen-bond donors (Lipinski definition) is 0. The van der Waals surface area contributed by atoms with E-state index in [-0.39, 0.29) is 8.41 Å². The van der Waals surface area contributed by atoms with Gasteiger partial charge in [-0.05, 0) is 11.1 Å². The molecule has 0 bridgehead atoms. The zero-order chi connectivity index (χ0) is 8.23. The van der Waals surface area contributed by atoms with Crippen LogP contribution < -0.4 is 0 Å². The first-order valence-corrected chi connectivity index (χ1v) is 4.07. The van der Waals surface area contributed by atoms with Crippen LogP contribution in [0.4, 0.5) is 0 Å². The van der Waals surface area contributed by atoms with E-state index in [1.54, 1.807) is 0 Å². The first-order chi connectivity index (χ1) is 5.97. The van der Waals surface area contributed by atoms with Gasteiger partial charge in [0.1, 0.15) is 0 Å². The van der Waals surface area contributed by atoms with Crippen LogP contribution in [-0.2, 0) is 0 Å². The lowest BCUT2D eigenvalue weighted by Crippen LogP contribution is -1.73. The Hall–Kier alpha value is -1.50. The Kier molecular flexibility index (Phi) is 3.33. The standard InChI is InChI=1S/C12H10.BH3/c1-3-7-11(8-4-1)12-9-5-2-6-10-12;/h1-10H;1H3. The van der Waals surface area contributed by atoms with Crippen molar-refractivity contribution in [1.29, 1.82) is 0 Å². The maximum Gasteiger partial charge on any atom is 0.0814 e. The van der Waals surface area contributed by atoms with Gasteiger partial charge in [-0.25, -0.2) is 0 Å². The molecule has 0 saturated heterocycles. The van der Waals surface area contributed by atoms with Crippen LogP contribution in [0.1, 0.15) is 0 Å². The summed E-state index contributed by atoms with van der Waals surface area (Å²) in [5.41, 5.74) is 2.55. The first-order valence-electron chi connectivity index (χ1n) is 4.07. The summed E-state index contributed by atoms with van der Waals surface area (Å²) < 4.78 is 0. The van der Waals surface area contributed by atoms with Crippen molar-refractivity contribution < 1.29 is 0 Å². The molecule has 0 nitrogen and oxygen atoms in total. The van der Waals surface area contributed by atoms with Gasteiger partial charge in [0, 0.05) is 0 Å². The molecule has 0 aromatic heterocycles. The predicted molar refractivity (Wildman–Crippen MR) is 61.8 cm³/mol. The summed E-state index contributed by atoms with van der Waals surface area (Å²) in [6, 6.07) is 20.8. The molecule has 0 saturated carbocycles. The van der Waals surface area contributed by atoms with Crippen molar-refractivity contribution in [2.75, 3.05) is 0 Å². The molecule has 0 amide bonds. The van der Waals surface area contributed by atoms with Crippen LogP contribution in [0.5, 0.6) is 0 Å². The number of hydrogen-bond acceptors (Lipinski definition) is 0. The molecule has 0 aliphatic heterocycles. The zero-order valence-electron chi connectivity index (χ0n) is 6.77. The summed E-state index contributed by atoms with van der Waals surface area (Å²) in [6.45, 7) is 0. The average molecular weight is 168 g/mol. The smallest absolute Gasteiger partial charge is 0.0622 e. The van der Waals surface area contributed by atoms with Crippen molar-refractivity contribution in [2.24, 2.45) is 0 Å². The third-order valence-corrected chi connectivity index (χ3v) is 1.88. The Bertz CT molecular complexity index is 303. The van der Waals surface area contributed by atoms with Crippen LogP contribution in [0.3, 0.4) is 0 Å². The molecule has 2 aromatic rings. The van der Waals surface area contributed by atoms with E-state index in [9.17, 15) is 0 Å². The van der Waals surface area contributed by atoms with E-state index in [0.29, 0.717) is 0 Å². The van der Waals surface area contributed by atoms with Crippen molar-refractivity contribution >= 4 is 8.41 Å². The average Bonchev–Trinajstić information content (AvgIpc) is 2.21. The Morgan fingerprint density at radius 2 is 0.769 bits per heavy atom. The fourth-order valence-electron chi connectivity index (χ4n) is 1.26. The molecule has 0 aliphatic carbocycles. The summed E-state index contributed by atoms with van der Waals surface area (Å²) in [4.78, 5) is 0. The van der Waals surface area contributed by atoms with Crippen molar-refractivity contribution in [3.8, 4) is 11.1 Å². The van der Waals surface area contributed by atoms with Gasteiger partial charge in [0.2, 0.25) is 0 Å². The third-order valence-electron chi connectivity index (χ3n) is 1.88. The lowest BCUT2D eigenvalue weighted by atomic mass is 10.1. The van der Waals surface area contributed by atoms with E-state index in [0.717, 1.165) is 0 Å². The molecule has 0 aliphatic rings. The van der Waals surface area contributed by atoms with E-state index >= 15 is 0 Å². The van der Waals surface area contributed by atoms with Crippen molar-refractivity contribution in [2.45, 2.75) is 0 Å². The maximum absolute atomic E-state index is 2.12. The Morgan fingerprint density at radius 1 is 0.462 bits per heavy atom. The maximum atomic E-state index is 2.12. The van der Waals surface area contributed by atoms with Crippen LogP contribution in [0.15, 0.2) is 60.7 Å². The zero-order valence-corrected chi connectivity index (χ0v) is 6.77. The molecule has 2 rings (SSSR count). The van der Waals surface area contributed by atoms with E-state index in [1.165, 1.54) is 11.1 Å². The first kappa shape index (κ1) is 9.59. The fraction of sp³-hybridized carbons (Fsp3) is 0. The van der Waals surface area contributed by atoms with Gasteiger partial charge in [0.25, 0.3) is 0 Å². The highest BCUT2D eigenvalue weighted by atomic mass is 14.0. The number of rotatable bonds is 1. The minimum absolute atomic E-state index is 0. The van der Waals surface area contributed by atoms with Gasteiger partial charge in [0.05, 0.1) is 8.41 Å². The second-order valence-corrected chi connectivity index (χ2v) is 2.73. The second kappa shape index (κ2) is 4.51. The predicted octanol–water partition coefficient (Wildman–Crippen LogP) is 2.17. The molecule has 0 unspecified atom stereocenters. The molecular formula is C12H13B. The van der Waals surface area contributed by atoms with Crippen molar-refractivity contribution in [3.05, 3.63) is 60.7 Å². The van der Waals surface area contributed by atoms with E-state index < -0.39 is 0 Å². The Balaban J connectivity index is 0.000000845. The van der Waals surface area contributed by atoms with E-state index in [4.69, 9.17) is 0 Å². The van der Waals surface area contributed by atoms with Crippen LogP contribution in [0.25, 0.3) is 11.1 Å². The normalized spacial score (nSPS) is 8.92. The SMILES string of the molecule is B.c1ccc(-c2ccccc2)cc1. The monoisotopic (exact) mass is 168 g/mol. The lowest BCUT2D eigenvalue weighted by Gasteiger charge is -1.98. The third kappa shape index (κ3) is 2.22. The molecule has 1 heteroatoms. The van der Waals surface area contributed by atoms with Gasteiger partial charge >= 0.3 is 0 Å².